The van der Waals surface area contributed by atoms with Crippen LogP contribution < -0.4 is 0 Å². The third-order valence-corrected chi connectivity index (χ3v) is 2.13. The van der Waals surface area contributed by atoms with Gasteiger partial charge < -0.3 is 4.74 Å². The second-order valence-electron chi connectivity index (χ2n) is 0.990. The number of hydrogen-bond donors (Lipinski definition) is 0. The Balaban J connectivity index is 0. The molecule has 0 bridgehead atoms. The lowest BCUT2D eigenvalue weighted by Gasteiger charge is -1.63. The van der Waals surface area contributed by atoms with Crippen LogP contribution in [-0.2, 0) is 4.74 Å². The molecule has 0 amide bonds. The fourth-order valence-corrected chi connectivity index (χ4v) is 0. The second kappa shape index (κ2) is 15.9. The van der Waals surface area contributed by atoms with Crippen LogP contribution in [0.1, 0.15) is 0 Å². The van der Waals surface area contributed by atoms with Crippen molar-refractivity contribution in [2.45, 2.75) is 0 Å². The van der Waals surface area contributed by atoms with E-state index in [4.69, 9.17) is 0 Å². The molecule has 3 heteroatoms. The molecule has 0 saturated carbocycles. The predicted molar refractivity (Wildman–Crippen MR) is 49.7 cm³/mol. The van der Waals surface area contributed by atoms with Crippen molar-refractivity contribution in [3.63, 3.8) is 0 Å². The molecule has 9 heavy (non-hydrogen) atoms. The van der Waals surface area contributed by atoms with Crippen molar-refractivity contribution in [2.24, 2.45) is 0 Å². The molecule has 0 spiro atoms. The summed E-state index contributed by atoms with van der Waals surface area (Å²) in [5.74, 6) is 0. The highest BCUT2D eigenvalue weighted by atomic mass is 79.9. The van der Waals surface area contributed by atoms with Crippen molar-refractivity contribution >= 4 is 31.9 Å². The Morgan fingerprint density at radius 2 is 1.33 bits per heavy atom. The van der Waals surface area contributed by atoms with Gasteiger partial charge in [0.05, 0.1) is 13.2 Å². The monoisotopic (exact) mass is 258 g/mol. The van der Waals surface area contributed by atoms with E-state index in [0.717, 1.165) is 23.9 Å². The van der Waals surface area contributed by atoms with Gasteiger partial charge in [-0.15, -0.1) is 13.2 Å². The van der Waals surface area contributed by atoms with Crippen LogP contribution in [0.25, 0.3) is 0 Å². The number of ether oxygens (including phenoxy) is 1. The smallest absolute Gasteiger partial charge is 0.0701 e. The number of halogens is 2. The summed E-state index contributed by atoms with van der Waals surface area (Å²) in [6, 6.07) is 0. The molecule has 1 fully saturated rings. The normalized spacial score (nSPS) is 11.8. The highest BCUT2D eigenvalue weighted by molar-refractivity contribution is 9.11. The standard InChI is InChI=1S/C2H4Br2.C2H4O.C2H4/c3-1-2-4;1-2-3-1;1-2/h1-2H2;1-2H2;1-2H2. The van der Waals surface area contributed by atoms with Gasteiger partial charge in [0.2, 0.25) is 0 Å². The summed E-state index contributed by atoms with van der Waals surface area (Å²) in [5.41, 5.74) is 0. The Hall–Kier alpha value is 0.660. The lowest BCUT2D eigenvalue weighted by molar-refractivity contribution is 0.475. The summed E-state index contributed by atoms with van der Waals surface area (Å²) in [6.07, 6.45) is 0. The molecule has 0 aliphatic carbocycles. The van der Waals surface area contributed by atoms with Gasteiger partial charge in [0.15, 0.2) is 0 Å². The number of rotatable bonds is 1. The van der Waals surface area contributed by atoms with Gasteiger partial charge in [0.25, 0.3) is 0 Å². The van der Waals surface area contributed by atoms with Crippen molar-refractivity contribution in [1.29, 1.82) is 0 Å². The van der Waals surface area contributed by atoms with Crippen LogP contribution in [0.3, 0.4) is 0 Å². The van der Waals surface area contributed by atoms with Gasteiger partial charge in [-0.2, -0.15) is 0 Å². The van der Waals surface area contributed by atoms with E-state index in [1.165, 1.54) is 0 Å². The SMILES string of the molecule is BrCCBr.C1CO1.C=C. The average Bonchev–Trinajstić information content (AvgIpc) is 2.77. The van der Waals surface area contributed by atoms with Gasteiger partial charge in [-0.25, -0.2) is 0 Å². The van der Waals surface area contributed by atoms with Gasteiger partial charge in [-0.3, -0.25) is 0 Å². The van der Waals surface area contributed by atoms with Gasteiger partial charge in [0.1, 0.15) is 0 Å². The van der Waals surface area contributed by atoms with E-state index >= 15 is 0 Å². The lowest BCUT2D eigenvalue weighted by atomic mass is 11.0. The summed E-state index contributed by atoms with van der Waals surface area (Å²) in [7, 11) is 0. The summed E-state index contributed by atoms with van der Waals surface area (Å²) in [6.45, 7) is 8.00. The van der Waals surface area contributed by atoms with Crippen molar-refractivity contribution in [1.82, 2.24) is 0 Å². The van der Waals surface area contributed by atoms with Crippen LogP contribution in [0, 0.1) is 0 Å². The van der Waals surface area contributed by atoms with Gasteiger partial charge in [-0.1, -0.05) is 31.9 Å². The quantitative estimate of drug-likeness (QED) is 0.401. The van der Waals surface area contributed by atoms with E-state index in [1.54, 1.807) is 0 Å². The van der Waals surface area contributed by atoms with Gasteiger partial charge >= 0.3 is 0 Å². The van der Waals surface area contributed by atoms with Gasteiger partial charge in [0, 0.05) is 10.7 Å². The van der Waals surface area contributed by atoms with Crippen LogP contribution in [0.15, 0.2) is 13.2 Å². The molecule has 1 rings (SSSR count). The number of alkyl halides is 2. The molecular formula is C6H12Br2O. The Kier molecular flexibility index (Phi) is 21.8. The molecule has 0 aromatic rings. The molecule has 56 valence electrons. The fourth-order valence-electron chi connectivity index (χ4n) is 0. The third kappa shape index (κ3) is 54.3. The first-order chi connectivity index (χ1) is 4.41. The Bertz CT molecular complexity index is 35.3. The molecule has 0 unspecified atom stereocenters. The van der Waals surface area contributed by atoms with Crippen molar-refractivity contribution in [3.05, 3.63) is 13.2 Å². The first-order valence-corrected chi connectivity index (χ1v) is 4.85. The third-order valence-electron chi connectivity index (χ3n) is 0.276. The minimum Gasteiger partial charge on any atom is -0.377 e. The van der Waals surface area contributed by atoms with E-state index in [-0.39, 0.29) is 0 Å². The molecule has 0 atom stereocenters. The molecule has 1 saturated heterocycles. The summed E-state index contributed by atoms with van der Waals surface area (Å²) in [4.78, 5) is 0. The zero-order chi connectivity index (χ0) is 7.54. The molecule has 0 aromatic heterocycles. The number of hydrogen-bond acceptors (Lipinski definition) is 1. The lowest BCUT2D eigenvalue weighted by Crippen LogP contribution is -1.61. The minimum absolute atomic E-state index is 1.00. The molecule has 0 radical (unpaired) electrons. The topological polar surface area (TPSA) is 12.5 Å². The zero-order valence-electron chi connectivity index (χ0n) is 5.41. The van der Waals surface area contributed by atoms with Crippen molar-refractivity contribution in [3.8, 4) is 0 Å². The predicted octanol–water partition coefficient (Wildman–Crippen LogP) is 2.60. The van der Waals surface area contributed by atoms with Crippen LogP contribution >= 0.6 is 31.9 Å². The van der Waals surface area contributed by atoms with E-state index in [1.807, 2.05) is 0 Å². The van der Waals surface area contributed by atoms with E-state index < -0.39 is 0 Å². The summed E-state index contributed by atoms with van der Waals surface area (Å²) in [5, 5.41) is 2.10. The van der Waals surface area contributed by atoms with Crippen molar-refractivity contribution in [2.75, 3.05) is 23.9 Å². The first kappa shape index (κ1) is 12.3. The fraction of sp³-hybridized carbons (Fsp3) is 0.667. The molecule has 1 aliphatic heterocycles. The minimum atomic E-state index is 1.00. The Morgan fingerprint density at radius 3 is 1.33 bits per heavy atom. The second-order valence-corrected chi connectivity index (χ2v) is 2.58. The molecule has 1 heterocycles. The molecule has 0 aromatic carbocycles. The van der Waals surface area contributed by atoms with E-state index in [9.17, 15) is 0 Å². The molecular weight excluding hydrogens is 248 g/mol. The average molecular weight is 260 g/mol. The first-order valence-electron chi connectivity index (χ1n) is 2.61. The van der Waals surface area contributed by atoms with Crippen LogP contribution in [0.4, 0.5) is 0 Å². The maximum atomic E-state index is 4.50. The van der Waals surface area contributed by atoms with E-state index in [2.05, 4.69) is 49.8 Å². The summed E-state index contributed by atoms with van der Waals surface area (Å²) >= 11 is 6.40. The van der Waals surface area contributed by atoms with E-state index in [0.29, 0.717) is 0 Å². The number of epoxide rings is 1. The zero-order valence-corrected chi connectivity index (χ0v) is 8.58. The highest BCUT2D eigenvalue weighted by Crippen LogP contribution is 1.84. The maximum Gasteiger partial charge on any atom is 0.0701 e. The van der Waals surface area contributed by atoms with Crippen LogP contribution in [-0.4, -0.2) is 23.9 Å². The molecule has 0 N–H and O–H groups in total. The van der Waals surface area contributed by atoms with Crippen molar-refractivity contribution < 1.29 is 4.74 Å². The maximum absolute atomic E-state index is 4.50. The molecule has 1 aliphatic rings. The van der Waals surface area contributed by atoms with Crippen LogP contribution in [0.5, 0.6) is 0 Å². The highest BCUT2D eigenvalue weighted by Gasteiger charge is 1.94. The van der Waals surface area contributed by atoms with Crippen LogP contribution in [0.2, 0.25) is 0 Å². The van der Waals surface area contributed by atoms with Gasteiger partial charge in [-0.05, 0) is 0 Å². The Labute approximate surface area is 73.7 Å². The Morgan fingerprint density at radius 1 is 1.11 bits per heavy atom. The largest absolute Gasteiger partial charge is 0.377 e. The molecule has 1 nitrogen and oxygen atoms in total. The summed E-state index contributed by atoms with van der Waals surface area (Å²) < 4.78 is 4.50.